The molecule has 1 N–H and O–H groups in total. The molecule has 31 heavy (non-hydrogen) atoms. The third kappa shape index (κ3) is 5.71. The van der Waals surface area contributed by atoms with Gasteiger partial charge in [0, 0.05) is 45.9 Å². The lowest BCUT2D eigenvalue weighted by molar-refractivity contribution is -0.133. The highest BCUT2D eigenvalue weighted by molar-refractivity contribution is 5.90. The van der Waals surface area contributed by atoms with Gasteiger partial charge >= 0.3 is 6.09 Å². The summed E-state index contributed by atoms with van der Waals surface area (Å²) in [6.07, 6.45) is -0.638. The number of ether oxygens (including phenoxy) is 1. The summed E-state index contributed by atoms with van der Waals surface area (Å²) in [4.78, 5) is 51.3. The van der Waals surface area contributed by atoms with Gasteiger partial charge in [-0.15, -0.1) is 0 Å². The number of rotatable bonds is 7. The van der Waals surface area contributed by atoms with E-state index in [2.05, 4.69) is 5.32 Å². The predicted octanol–water partition coefficient (Wildman–Crippen LogP) is 1.30. The third-order valence-electron chi connectivity index (χ3n) is 5.36. The maximum atomic E-state index is 14.8. The highest BCUT2D eigenvalue weighted by Crippen LogP contribution is 2.28. The molecule has 10 heteroatoms. The minimum atomic E-state index is -0.583. The molecule has 0 aliphatic carbocycles. The van der Waals surface area contributed by atoms with Crippen LogP contribution in [0.5, 0.6) is 0 Å². The number of Topliss-reactive ketones (excluding diaryl/α,β-unsaturated/α-hetero) is 1. The summed E-state index contributed by atoms with van der Waals surface area (Å²) in [5.74, 6) is -0.762. The molecule has 1 atom stereocenters. The number of carbonyl (C=O) groups is 4. The number of halogens is 1. The molecule has 1 aromatic rings. The zero-order chi connectivity index (χ0) is 22.5. The zero-order valence-corrected chi connectivity index (χ0v) is 17.7. The van der Waals surface area contributed by atoms with Crippen LogP contribution in [-0.4, -0.2) is 74.0 Å². The number of ketones is 1. The lowest BCUT2D eigenvalue weighted by Crippen LogP contribution is -2.49. The molecule has 1 aromatic carbocycles. The topological polar surface area (TPSA) is 99.3 Å². The molecule has 2 saturated heterocycles. The van der Waals surface area contributed by atoms with Gasteiger partial charge < -0.3 is 24.6 Å². The zero-order valence-electron chi connectivity index (χ0n) is 17.7. The number of nitrogens with one attached hydrogen (secondary N) is 1. The van der Waals surface area contributed by atoms with Gasteiger partial charge in [-0.1, -0.05) is 0 Å². The molecule has 3 amide bonds. The highest BCUT2D eigenvalue weighted by Gasteiger charge is 2.33. The second-order valence-corrected chi connectivity index (χ2v) is 7.76. The Morgan fingerprint density at radius 2 is 1.84 bits per heavy atom. The van der Waals surface area contributed by atoms with Crippen molar-refractivity contribution in [1.82, 2.24) is 10.2 Å². The fourth-order valence-corrected chi connectivity index (χ4v) is 3.65. The van der Waals surface area contributed by atoms with E-state index in [0.29, 0.717) is 37.6 Å². The molecule has 2 aliphatic rings. The van der Waals surface area contributed by atoms with E-state index in [1.165, 1.54) is 24.8 Å². The molecule has 2 heterocycles. The number of hydrogen-bond donors (Lipinski definition) is 1. The van der Waals surface area contributed by atoms with Gasteiger partial charge in [0.05, 0.1) is 24.5 Å². The first-order valence-corrected chi connectivity index (χ1v) is 10.3. The average Bonchev–Trinajstić information content (AvgIpc) is 3.11. The van der Waals surface area contributed by atoms with Crippen LogP contribution in [0.25, 0.3) is 0 Å². The molecule has 0 bridgehead atoms. The van der Waals surface area contributed by atoms with Gasteiger partial charge in [-0.25, -0.2) is 9.18 Å². The van der Waals surface area contributed by atoms with Gasteiger partial charge in [0.25, 0.3) is 0 Å². The number of amides is 3. The minimum absolute atomic E-state index is 0.0162. The average molecular weight is 434 g/mol. The normalized spacial score (nSPS) is 18.7. The number of carbonyl (C=O) groups excluding carboxylic acids is 4. The van der Waals surface area contributed by atoms with E-state index in [1.54, 1.807) is 17.0 Å². The number of piperazine rings is 1. The van der Waals surface area contributed by atoms with Crippen LogP contribution >= 0.6 is 0 Å². The van der Waals surface area contributed by atoms with Crippen LogP contribution in [0, 0.1) is 5.82 Å². The van der Waals surface area contributed by atoms with Crippen LogP contribution in [0.2, 0.25) is 0 Å². The number of cyclic esters (lactones) is 1. The Hall–Kier alpha value is -3.17. The number of anilines is 2. The molecule has 0 radical (unpaired) electrons. The third-order valence-corrected chi connectivity index (χ3v) is 5.36. The van der Waals surface area contributed by atoms with Crippen molar-refractivity contribution < 1.29 is 28.3 Å². The monoisotopic (exact) mass is 434 g/mol. The van der Waals surface area contributed by atoms with Crippen molar-refractivity contribution >= 4 is 35.1 Å². The smallest absolute Gasteiger partial charge is 0.414 e. The van der Waals surface area contributed by atoms with Crippen LogP contribution in [0.4, 0.5) is 20.6 Å². The van der Waals surface area contributed by atoms with Gasteiger partial charge in [-0.2, -0.15) is 0 Å². The first-order valence-electron chi connectivity index (χ1n) is 10.3. The van der Waals surface area contributed by atoms with Crippen LogP contribution in [0.3, 0.4) is 0 Å². The highest BCUT2D eigenvalue weighted by atomic mass is 19.1. The van der Waals surface area contributed by atoms with Gasteiger partial charge in [0.2, 0.25) is 11.8 Å². The van der Waals surface area contributed by atoms with E-state index in [1.807, 2.05) is 4.90 Å². The SMILES string of the molecule is CC(=O)CCC(=O)N1CCN(c2ccc(N3CC(CNC(C)=O)OC3=O)cc2F)CC1. The fourth-order valence-electron chi connectivity index (χ4n) is 3.65. The van der Waals surface area contributed by atoms with Crippen molar-refractivity contribution in [3.8, 4) is 0 Å². The van der Waals surface area contributed by atoms with Gasteiger partial charge in [0.1, 0.15) is 17.7 Å². The maximum absolute atomic E-state index is 14.8. The van der Waals surface area contributed by atoms with Crippen molar-refractivity contribution in [3.63, 3.8) is 0 Å². The van der Waals surface area contributed by atoms with E-state index in [9.17, 15) is 23.6 Å². The van der Waals surface area contributed by atoms with Crippen LogP contribution in [-0.2, 0) is 19.1 Å². The van der Waals surface area contributed by atoms with Crippen LogP contribution < -0.4 is 15.1 Å². The fraction of sp³-hybridized carbons (Fsp3) is 0.524. The van der Waals surface area contributed by atoms with Crippen molar-refractivity contribution in [1.29, 1.82) is 0 Å². The maximum Gasteiger partial charge on any atom is 0.414 e. The second-order valence-electron chi connectivity index (χ2n) is 7.76. The number of benzene rings is 1. The molecule has 2 fully saturated rings. The minimum Gasteiger partial charge on any atom is -0.442 e. The van der Waals surface area contributed by atoms with E-state index >= 15 is 0 Å². The van der Waals surface area contributed by atoms with Gasteiger partial charge in [-0.05, 0) is 25.1 Å². The van der Waals surface area contributed by atoms with Crippen molar-refractivity contribution in [2.45, 2.75) is 32.8 Å². The molecule has 9 nitrogen and oxygen atoms in total. The first-order chi connectivity index (χ1) is 14.7. The Morgan fingerprint density at radius 1 is 1.13 bits per heavy atom. The standard InChI is InChI=1S/C21H27FN4O5/c1-14(27)3-6-20(29)25-9-7-24(8-10-25)19-5-4-16(11-18(19)22)26-13-17(31-21(26)30)12-23-15(2)28/h4-5,11,17H,3,6-10,12-13H2,1-2H3,(H,23,28). The number of nitrogens with zero attached hydrogens (tertiary/aromatic N) is 3. The van der Waals surface area contributed by atoms with Crippen LogP contribution in [0.15, 0.2) is 18.2 Å². The Bertz CT molecular complexity index is 869. The Morgan fingerprint density at radius 3 is 2.45 bits per heavy atom. The summed E-state index contributed by atoms with van der Waals surface area (Å²) in [6, 6.07) is 4.57. The first kappa shape index (κ1) is 22.5. The summed E-state index contributed by atoms with van der Waals surface area (Å²) in [6.45, 7) is 5.14. The summed E-state index contributed by atoms with van der Waals surface area (Å²) in [5.41, 5.74) is 0.788. The van der Waals surface area contributed by atoms with E-state index in [0.717, 1.165) is 0 Å². The lowest BCUT2D eigenvalue weighted by atomic mass is 10.2. The molecule has 0 aromatic heterocycles. The van der Waals surface area contributed by atoms with E-state index in [4.69, 9.17) is 4.74 Å². The largest absolute Gasteiger partial charge is 0.442 e. The molecular weight excluding hydrogens is 407 g/mol. The summed E-state index contributed by atoms with van der Waals surface area (Å²) >= 11 is 0. The van der Waals surface area contributed by atoms with Crippen molar-refractivity contribution in [3.05, 3.63) is 24.0 Å². The molecule has 3 rings (SSSR count). The Kier molecular flexibility index (Phi) is 7.09. The predicted molar refractivity (Wildman–Crippen MR) is 111 cm³/mol. The van der Waals surface area contributed by atoms with Gasteiger partial charge in [0.15, 0.2) is 0 Å². The molecule has 168 valence electrons. The van der Waals surface area contributed by atoms with E-state index in [-0.39, 0.29) is 43.5 Å². The molecule has 2 aliphatic heterocycles. The van der Waals surface area contributed by atoms with Crippen LogP contribution in [0.1, 0.15) is 26.7 Å². The summed E-state index contributed by atoms with van der Waals surface area (Å²) < 4.78 is 20.1. The second kappa shape index (κ2) is 9.76. The van der Waals surface area contributed by atoms with Crippen molar-refractivity contribution in [2.75, 3.05) is 49.1 Å². The lowest BCUT2D eigenvalue weighted by Gasteiger charge is -2.36. The van der Waals surface area contributed by atoms with Crippen molar-refractivity contribution in [2.24, 2.45) is 0 Å². The molecular formula is C21H27FN4O5. The summed E-state index contributed by atoms with van der Waals surface area (Å²) in [5, 5.41) is 2.60. The molecule has 0 saturated carbocycles. The number of hydrogen-bond acceptors (Lipinski definition) is 6. The Balaban J connectivity index is 1.58. The Labute approximate surface area is 180 Å². The summed E-state index contributed by atoms with van der Waals surface area (Å²) in [7, 11) is 0. The molecule has 1 unspecified atom stereocenters. The quantitative estimate of drug-likeness (QED) is 0.695. The van der Waals surface area contributed by atoms with E-state index < -0.39 is 18.0 Å². The molecule has 0 spiro atoms. The van der Waals surface area contributed by atoms with Gasteiger partial charge in [-0.3, -0.25) is 14.5 Å².